The highest BCUT2D eigenvalue weighted by Crippen LogP contribution is 2.34. The number of carbonyl (C=O) groups is 1. The summed E-state index contributed by atoms with van der Waals surface area (Å²) in [6, 6.07) is 14.4. The first-order valence-electron chi connectivity index (χ1n) is 10.0. The average Bonchev–Trinajstić information content (AvgIpc) is 3.20. The Kier molecular flexibility index (Phi) is 5.33. The molecule has 2 aromatic rings. The lowest BCUT2D eigenvalue weighted by atomic mass is 9.93. The van der Waals surface area contributed by atoms with Gasteiger partial charge in [0.25, 0.3) is 5.91 Å². The summed E-state index contributed by atoms with van der Waals surface area (Å²) in [6.07, 6.45) is 6.83. The first-order chi connectivity index (χ1) is 13.2. The Balaban J connectivity index is 1.58. The minimum atomic E-state index is 0.127. The normalized spacial score (nSPS) is 16.3. The summed E-state index contributed by atoms with van der Waals surface area (Å²) in [5.41, 5.74) is 3.12. The first-order valence-corrected chi connectivity index (χ1v) is 10.0. The molecule has 4 heteroatoms. The Labute approximate surface area is 161 Å². The molecule has 0 spiro atoms. The highest BCUT2D eigenvalue weighted by molar-refractivity contribution is 5.94. The number of hydrogen-bond acceptors (Lipinski definition) is 3. The third kappa shape index (κ3) is 3.95. The summed E-state index contributed by atoms with van der Waals surface area (Å²) in [5.74, 6) is 1.68. The molecule has 0 aromatic heterocycles. The molecule has 1 amide bonds. The van der Waals surface area contributed by atoms with Crippen molar-refractivity contribution >= 4 is 5.91 Å². The molecule has 1 aliphatic heterocycles. The standard InChI is InChI=1S/C23H27NO3/c1-2-17-8-11-19(12-9-17)23(25)24(20-6-4-3-5-7-20)15-18-10-13-21-22(14-18)27-16-26-21/h8-14,20H,2-7,15-16H2,1H3. The topological polar surface area (TPSA) is 38.8 Å². The van der Waals surface area contributed by atoms with Crippen LogP contribution in [-0.4, -0.2) is 23.6 Å². The summed E-state index contributed by atoms with van der Waals surface area (Å²) >= 11 is 0. The fourth-order valence-corrected chi connectivity index (χ4v) is 4.04. The van der Waals surface area contributed by atoms with Gasteiger partial charge >= 0.3 is 0 Å². The molecule has 0 unspecified atom stereocenters. The van der Waals surface area contributed by atoms with Crippen molar-refractivity contribution in [1.29, 1.82) is 0 Å². The van der Waals surface area contributed by atoms with Crippen LogP contribution in [-0.2, 0) is 13.0 Å². The second-order valence-corrected chi connectivity index (χ2v) is 7.46. The van der Waals surface area contributed by atoms with Crippen LogP contribution in [0.25, 0.3) is 0 Å². The predicted molar refractivity (Wildman–Crippen MR) is 105 cm³/mol. The van der Waals surface area contributed by atoms with Crippen molar-refractivity contribution < 1.29 is 14.3 Å². The first kappa shape index (κ1) is 17.9. The minimum Gasteiger partial charge on any atom is -0.454 e. The number of carbonyl (C=O) groups excluding carboxylic acids is 1. The smallest absolute Gasteiger partial charge is 0.254 e. The van der Waals surface area contributed by atoms with Crippen molar-refractivity contribution in [2.75, 3.05) is 6.79 Å². The van der Waals surface area contributed by atoms with Gasteiger partial charge < -0.3 is 14.4 Å². The number of fused-ring (bicyclic) bond motifs is 1. The molecule has 2 aliphatic rings. The lowest BCUT2D eigenvalue weighted by Crippen LogP contribution is -2.41. The van der Waals surface area contributed by atoms with Crippen LogP contribution in [0.3, 0.4) is 0 Å². The van der Waals surface area contributed by atoms with Gasteiger partial charge in [-0.3, -0.25) is 4.79 Å². The maximum Gasteiger partial charge on any atom is 0.254 e. The second kappa shape index (κ2) is 8.03. The maximum atomic E-state index is 13.4. The Morgan fingerprint density at radius 2 is 1.67 bits per heavy atom. The molecular formula is C23H27NO3. The highest BCUT2D eigenvalue weighted by Gasteiger charge is 2.27. The number of benzene rings is 2. The zero-order valence-corrected chi connectivity index (χ0v) is 15.9. The van der Waals surface area contributed by atoms with E-state index in [1.54, 1.807) is 0 Å². The van der Waals surface area contributed by atoms with Gasteiger partial charge in [0.15, 0.2) is 11.5 Å². The van der Waals surface area contributed by atoms with Gasteiger partial charge in [0.05, 0.1) is 0 Å². The number of hydrogen-bond donors (Lipinski definition) is 0. The zero-order valence-electron chi connectivity index (χ0n) is 15.9. The Morgan fingerprint density at radius 1 is 0.963 bits per heavy atom. The molecule has 27 heavy (non-hydrogen) atoms. The van der Waals surface area contributed by atoms with E-state index < -0.39 is 0 Å². The third-order valence-electron chi connectivity index (χ3n) is 5.68. The summed E-state index contributed by atoms with van der Waals surface area (Å²) in [7, 11) is 0. The number of aryl methyl sites for hydroxylation is 1. The van der Waals surface area contributed by atoms with Gasteiger partial charge in [-0.15, -0.1) is 0 Å². The third-order valence-corrected chi connectivity index (χ3v) is 5.68. The Hall–Kier alpha value is -2.49. The van der Waals surface area contributed by atoms with E-state index in [1.807, 2.05) is 30.3 Å². The van der Waals surface area contributed by atoms with E-state index in [-0.39, 0.29) is 12.7 Å². The van der Waals surface area contributed by atoms with Crippen molar-refractivity contribution in [3.63, 3.8) is 0 Å². The molecule has 1 heterocycles. The lowest BCUT2D eigenvalue weighted by Gasteiger charge is -2.34. The quantitative estimate of drug-likeness (QED) is 0.752. The maximum absolute atomic E-state index is 13.4. The average molecular weight is 365 g/mol. The molecule has 4 rings (SSSR count). The summed E-state index contributed by atoms with van der Waals surface area (Å²) in [5, 5.41) is 0. The fourth-order valence-electron chi connectivity index (χ4n) is 4.04. The van der Waals surface area contributed by atoms with E-state index >= 15 is 0 Å². The molecule has 0 radical (unpaired) electrons. The van der Waals surface area contributed by atoms with Gasteiger partial charge in [-0.25, -0.2) is 0 Å². The molecule has 142 valence electrons. The van der Waals surface area contributed by atoms with E-state index in [1.165, 1.54) is 24.8 Å². The molecule has 0 N–H and O–H groups in total. The number of amides is 1. The van der Waals surface area contributed by atoms with Crippen molar-refractivity contribution in [2.24, 2.45) is 0 Å². The van der Waals surface area contributed by atoms with Crippen LogP contribution in [0.5, 0.6) is 11.5 Å². The largest absolute Gasteiger partial charge is 0.454 e. The van der Waals surface area contributed by atoms with Crippen molar-refractivity contribution in [3.05, 3.63) is 59.2 Å². The van der Waals surface area contributed by atoms with Crippen LogP contribution in [0.15, 0.2) is 42.5 Å². The molecule has 1 fully saturated rings. The lowest BCUT2D eigenvalue weighted by molar-refractivity contribution is 0.0614. The molecule has 0 bridgehead atoms. The molecule has 1 aliphatic carbocycles. The van der Waals surface area contributed by atoms with Crippen LogP contribution in [0, 0.1) is 0 Å². The van der Waals surface area contributed by atoms with E-state index in [0.717, 1.165) is 41.9 Å². The van der Waals surface area contributed by atoms with Crippen LogP contribution in [0.1, 0.15) is 60.5 Å². The van der Waals surface area contributed by atoms with Crippen LogP contribution in [0.4, 0.5) is 0 Å². The van der Waals surface area contributed by atoms with E-state index in [0.29, 0.717) is 12.6 Å². The Bertz CT molecular complexity index is 794. The summed E-state index contributed by atoms with van der Waals surface area (Å²) in [6.45, 7) is 3.01. The van der Waals surface area contributed by atoms with Crippen LogP contribution in [0.2, 0.25) is 0 Å². The molecule has 0 atom stereocenters. The fraction of sp³-hybridized carbons (Fsp3) is 0.435. The molecule has 2 aromatic carbocycles. The predicted octanol–water partition coefficient (Wildman–Crippen LogP) is 4.95. The number of nitrogens with zero attached hydrogens (tertiary/aromatic N) is 1. The van der Waals surface area contributed by atoms with Gasteiger partial charge in [0.2, 0.25) is 6.79 Å². The Morgan fingerprint density at radius 3 is 2.41 bits per heavy atom. The second-order valence-electron chi connectivity index (χ2n) is 7.46. The molecule has 1 saturated carbocycles. The van der Waals surface area contributed by atoms with E-state index in [2.05, 4.69) is 24.0 Å². The summed E-state index contributed by atoms with van der Waals surface area (Å²) < 4.78 is 10.9. The SMILES string of the molecule is CCc1ccc(C(=O)N(Cc2ccc3c(c2)OCO3)C2CCCCC2)cc1. The van der Waals surface area contributed by atoms with Crippen molar-refractivity contribution in [1.82, 2.24) is 4.90 Å². The van der Waals surface area contributed by atoms with Gasteiger partial charge in [-0.05, 0) is 54.7 Å². The minimum absolute atomic E-state index is 0.127. The highest BCUT2D eigenvalue weighted by atomic mass is 16.7. The summed E-state index contributed by atoms with van der Waals surface area (Å²) in [4.78, 5) is 15.4. The van der Waals surface area contributed by atoms with E-state index in [9.17, 15) is 4.79 Å². The van der Waals surface area contributed by atoms with Crippen molar-refractivity contribution in [2.45, 2.75) is 58.0 Å². The zero-order chi connectivity index (χ0) is 18.6. The van der Waals surface area contributed by atoms with Crippen molar-refractivity contribution in [3.8, 4) is 11.5 Å². The van der Waals surface area contributed by atoms with Gasteiger partial charge in [0.1, 0.15) is 0 Å². The van der Waals surface area contributed by atoms with Crippen LogP contribution >= 0.6 is 0 Å². The molecular weight excluding hydrogens is 338 g/mol. The number of ether oxygens (including phenoxy) is 2. The monoisotopic (exact) mass is 365 g/mol. The van der Waals surface area contributed by atoms with Crippen LogP contribution < -0.4 is 9.47 Å². The molecule has 0 saturated heterocycles. The van der Waals surface area contributed by atoms with Gasteiger partial charge in [-0.1, -0.05) is 44.4 Å². The molecule has 4 nitrogen and oxygen atoms in total. The number of rotatable bonds is 5. The van der Waals surface area contributed by atoms with Gasteiger partial charge in [0, 0.05) is 18.2 Å². The van der Waals surface area contributed by atoms with Gasteiger partial charge in [-0.2, -0.15) is 0 Å². The van der Waals surface area contributed by atoms with E-state index in [4.69, 9.17) is 9.47 Å².